The molecular weight excluding hydrogens is 400 g/mol. The summed E-state index contributed by atoms with van der Waals surface area (Å²) in [4.78, 5) is 33.2. The van der Waals surface area contributed by atoms with Crippen LogP contribution in [0.15, 0.2) is 21.7 Å². The molecule has 0 spiro atoms. The molecule has 0 aliphatic carbocycles. The van der Waals surface area contributed by atoms with Gasteiger partial charge < -0.3 is 19.2 Å². The Balaban J connectivity index is 2.12. The summed E-state index contributed by atoms with van der Waals surface area (Å²) in [6, 6.07) is 3.61. The molecule has 2 aromatic heterocycles. The van der Waals surface area contributed by atoms with E-state index in [0.717, 1.165) is 12.0 Å². The zero-order valence-corrected chi connectivity index (χ0v) is 18.5. The first-order valence-electron chi connectivity index (χ1n) is 10.2. The van der Waals surface area contributed by atoms with Gasteiger partial charge in [0.05, 0.1) is 21.3 Å². The molecule has 0 aliphatic heterocycles. The minimum atomic E-state index is -0.356. The highest BCUT2D eigenvalue weighted by Crippen LogP contribution is 2.40. The van der Waals surface area contributed by atoms with Crippen molar-refractivity contribution < 1.29 is 14.2 Å². The van der Waals surface area contributed by atoms with Gasteiger partial charge in [0.25, 0.3) is 5.56 Å². The summed E-state index contributed by atoms with van der Waals surface area (Å²) in [7, 11) is 4.65. The van der Waals surface area contributed by atoms with Gasteiger partial charge in [0.1, 0.15) is 11.3 Å². The van der Waals surface area contributed by atoms with Crippen LogP contribution in [0.5, 0.6) is 17.2 Å². The number of imidazole rings is 1. The van der Waals surface area contributed by atoms with Crippen LogP contribution in [0.1, 0.15) is 38.1 Å². The summed E-state index contributed by atoms with van der Waals surface area (Å²) in [5.74, 6) is 2.01. The number of H-pyrrole nitrogens is 1. The Morgan fingerprint density at radius 1 is 0.935 bits per heavy atom. The van der Waals surface area contributed by atoms with Crippen molar-refractivity contribution in [3.63, 3.8) is 0 Å². The standard InChI is InChI=1S/C22H28N4O5/c1-6-12-25-20-17(21(27)26(13-7-2)22(25)28)23-16(24-20)11-9-14-8-10-15(29-3)19(31-5)18(14)30-4/h8-11H,6-7,12-13H2,1-5H3,(H,23,24). The maximum atomic E-state index is 12.8. The second-order valence-corrected chi connectivity index (χ2v) is 6.97. The molecule has 0 aliphatic rings. The zero-order chi connectivity index (χ0) is 22.5. The maximum absolute atomic E-state index is 12.8. The second-order valence-electron chi connectivity index (χ2n) is 6.97. The summed E-state index contributed by atoms with van der Waals surface area (Å²) < 4.78 is 19.0. The molecule has 1 N–H and O–H groups in total. The van der Waals surface area contributed by atoms with Gasteiger partial charge in [0, 0.05) is 18.7 Å². The first kappa shape index (κ1) is 22.2. The van der Waals surface area contributed by atoms with Crippen LogP contribution >= 0.6 is 0 Å². The predicted octanol–water partition coefficient (Wildman–Crippen LogP) is 2.90. The highest BCUT2D eigenvalue weighted by molar-refractivity contribution is 5.78. The molecule has 0 unspecified atom stereocenters. The van der Waals surface area contributed by atoms with Gasteiger partial charge in [-0.1, -0.05) is 13.8 Å². The Morgan fingerprint density at radius 3 is 2.23 bits per heavy atom. The van der Waals surface area contributed by atoms with E-state index >= 15 is 0 Å². The van der Waals surface area contributed by atoms with E-state index in [0.29, 0.717) is 53.7 Å². The summed E-state index contributed by atoms with van der Waals surface area (Å²) in [6.45, 7) is 4.75. The zero-order valence-electron chi connectivity index (χ0n) is 18.5. The van der Waals surface area contributed by atoms with Crippen LogP contribution in [0.2, 0.25) is 0 Å². The van der Waals surface area contributed by atoms with Crippen molar-refractivity contribution in [2.45, 2.75) is 39.8 Å². The topological polar surface area (TPSA) is 100 Å². The third-order valence-electron chi connectivity index (χ3n) is 4.93. The van der Waals surface area contributed by atoms with Gasteiger partial charge in [0.2, 0.25) is 5.75 Å². The fraction of sp³-hybridized carbons (Fsp3) is 0.409. The molecule has 0 bridgehead atoms. The predicted molar refractivity (Wildman–Crippen MR) is 120 cm³/mol. The van der Waals surface area contributed by atoms with Gasteiger partial charge >= 0.3 is 5.69 Å². The molecule has 31 heavy (non-hydrogen) atoms. The van der Waals surface area contributed by atoms with Gasteiger partial charge in [-0.2, -0.15) is 0 Å². The third kappa shape index (κ3) is 4.08. The number of benzene rings is 1. The summed E-state index contributed by atoms with van der Waals surface area (Å²) in [6.07, 6.45) is 4.96. The Labute approximate surface area is 179 Å². The Bertz CT molecular complexity index is 1220. The van der Waals surface area contributed by atoms with Crippen LogP contribution in [0, 0.1) is 0 Å². The van der Waals surface area contributed by atoms with Crippen LogP contribution in [0.3, 0.4) is 0 Å². The van der Waals surface area contributed by atoms with Gasteiger partial charge in [0.15, 0.2) is 17.1 Å². The molecular formula is C22H28N4O5. The lowest BCUT2D eigenvalue weighted by molar-refractivity contribution is 0.324. The van der Waals surface area contributed by atoms with Crippen molar-refractivity contribution >= 4 is 23.3 Å². The molecule has 9 heteroatoms. The van der Waals surface area contributed by atoms with Crippen LogP contribution < -0.4 is 25.5 Å². The minimum absolute atomic E-state index is 0.320. The molecule has 0 atom stereocenters. The van der Waals surface area contributed by atoms with Crippen molar-refractivity contribution in [2.75, 3.05) is 21.3 Å². The molecule has 3 aromatic rings. The smallest absolute Gasteiger partial charge is 0.332 e. The number of hydrogen-bond acceptors (Lipinski definition) is 6. The number of methoxy groups -OCH3 is 3. The Morgan fingerprint density at radius 2 is 1.61 bits per heavy atom. The van der Waals surface area contributed by atoms with E-state index in [1.807, 2.05) is 19.9 Å². The van der Waals surface area contributed by atoms with E-state index in [1.165, 1.54) is 4.57 Å². The summed E-state index contributed by atoms with van der Waals surface area (Å²) in [5, 5.41) is 0. The first-order chi connectivity index (χ1) is 15.0. The number of aromatic nitrogens is 4. The van der Waals surface area contributed by atoms with E-state index in [9.17, 15) is 9.59 Å². The Hall–Kier alpha value is -3.49. The van der Waals surface area contributed by atoms with Crippen LogP contribution in [0.4, 0.5) is 0 Å². The van der Waals surface area contributed by atoms with Crippen molar-refractivity contribution in [1.29, 1.82) is 0 Å². The number of fused-ring (bicyclic) bond motifs is 1. The average molecular weight is 428 g/mol. The van der Waals surface area contributed by atoms with Crippen molar-refractivity contribution in [3.8, 4) is 17.2 Å². The SMILES string of the molecule is CCCn1c(=O)c2[nH]c(C=Cc3ccc(OC)c(OC)c3OC)nc2n(CCC)c1=O. The monoisotopic (exact) mass is 428 g/mol. The third-order valence-corrected chi connectivity index (χ3v) is 4.93. The van der Waals surface area contributed by atoms with Gasteiger partial charge in [-0.25, -0.2) is 9.78 Å². The van der Waals surface area contributed by atoms with E-state index in [2.05, 4.69) is 9.97 Å². The molecule has 0 saturated carbocycles. The molecule has 1 aromatic carbocycles. The highest BCUT2D eigenvalue weighted by Gasteiger charge is 2.17. The molecule has 0 amide bonds. The highest BCUT2D eigenvalue weighted by atomic mass is 16.5. The number of aromatic amines is 1. The van der Waals surface area contributed by atoms with E-state index < -0.39 is 0 Å². The fourth-order valence-corrected chi connectivity index (χ4v) is 3.53. The molecule has 0 fully saturated rings. The van der Waals surface area contributed by atoms with E-state index in [-0.39, 0.29) is 11.2 Å². The molecule has 0 radical (unpaired) electrons. The van der Waals surface area contributed by atoms with Gasteiger partial charge in [-0.3, -0.25) is 13.9 Å². The van der Waals surface area contributed by atoms with Crippen LogP contribution in [0.25, 0.3) is 23.3 Å². The number of nitrogens with zero attached hydrogens (tertiary/aromatic N) is 3. The quantitative estimate of drug-likeness (QED) is 0.562. The number of aryl methyl sites for hydroxylation is 1. The number of hydrogen-bond donors (Lipinski definition) is 1. The lowest BCUT2D eigenvalue weighted by atomic mass is 10.1. The van der Waals surface area contributed by atoms with Crippen molar-refractivity contribution in [3.05, 3.63) is 44.4 Å². The maximum Gasteiger partial charge on any atom is 0.332 e. The summed E-state index contributed by atoms with van der Waals surface area (Å²) >= 11 is 0. The summed E-state index contributed by atoms with van der Waals surface area (Å²) in [5.41, 5.74) is 0.744. The molecule has 2 heterocycles. The van der Waals surface area contributed by atoms with E-state index in [4.69, 9.17) is 14.2 Å². The largest absolute Gasteiger partial charge is 0.493 e. The molecule has 0 saturated heterocycles. The van der Waals surface area contributed by atoms with Crippen molar-refractivity contribution in [2.24, 2.45) is 0 Å². The average Bonchev–Trinajstić information content (AvgIpc) is 3.21. The molecule has 166 valence electrons. The van der Waals surface area contributed by atoms with Crippen molar-refractivity contribution in [1.82, 2.24) is 19.1 Å². The number of rotatable bonds is 9. The second kappa shape index (κ2) is 9.55. The normalized spacial score (nSPS) is 11.4. The fourth-order valence-electron chi connectivity index (χ4n) is 3.53. The van der Waals surface area contributed by atoms with Crippen LogP contribution in [-0.4, -0.2) is 40.4 Å². The lowest BCUT2D eigenvalue weighted by Crippen LogP contribution is -2.40. The number of nitrogens with one attached hydrogen (secondary N) is 1. The number of ether oxygens (including phenoxy) is 3. The van der Waals surface area contributed by atoms with E-state index in [1.54, 1.807) is 44.1 Å². The van der Waals surface area contributed by atoms with Gasteiger partial charge in [-0.15, -0.1) is 0 Å². The Kier molecular flexibility index (Phi) is 6.84. The minimum Gasteiger partial charge on any atom is -0.493 e. The van der Waals surface area contributed by atoms with Crippen LogP contribution in [-0.2, 0) is 13.1 Å². The first-order valence-corrected chi connectivity index (χ1v) is 10.2. The van der Waals surface area contributed by atoms with Gasteiger partial charge in [-0.05, 0) is 37.1 Å². The lowest BCUT2D eigenvalue weighted by Gasteiger charge is -2.13. The molecule has 9 nitrogen and oxygen atoms in total. The molecule has 3 rings (SSSR count).